The number of thiophene rings is 1. The first-order valence-corrected chi connectivity index (χ1v) is 7.80. The highest BCUT2D eigenvalue weighted by Gasteiger charge is 2.24. The van der Waals surface area contributed by atoms with E-state index in [2.05, 4.69) is 0 Å². The zero-order valence-corrected chi connectivity index (χ0v) is 14.0. The average Bonchev–Trinajstić information content (AvgIpc) is 2.82. The van der Waals surface area contributed by atoms with Gasteiger partial charge in [-0.05, 0) is 25.3 Å². The van der Waals surface area contributed by atoms with Gasteiger partial charge in [-0.15, -0.1) is 11.3 Å². The number of carbonyl (C=O) groups is 2. The molecule has 5 nitrogen and oxygen atoms in total. The van der Waals surface area contributed by atoms with Crippen molar-refractivity contribution < 1.29 is 19.4 Å². The van der Waals surface area contributed by atoms with Crippen molar-refractivity contribution in [3.63, 3.8) is 0 Å². The minimum Gasteiger partial charge on any atom is -0.482 e. The fourth-order valence-corrected chi connectivity index (χ4v) is 2.81. The van der Waals surface area contributed by atoms with E-state index >= 15 is 0 Å². The monoisotopic (exact) mass is 313 g/mol. The lowest BCUT2D eigenvalue weighted by Gasteiger charge is -2.18. The van der Waals surface area contributed by atoms with Crippen molar-refractivity contribution in [2.45, 2.75) is 40.0 Å². The Bertz CT molecular complexity index is 512. The standard InChI is InChI=1S/C15H23NO4S/c1-6-16(7-2)12(17)9-20-10-8-11(15(3,4)5)21-13(10)14(18)19/h8H,6-7,9H2,1-5H3,(H,18,19). The van der Waals surface area contributed by atoms with E-state index in [1.54, 1.807) is 11.0 Å². The van der Waals surface area contributed by atoms with Gasteiger partial charge in [0.1, 0.15) is 5.75 Å². The number of hydrogen-bond acceptors (Lipinski definition) is 4. The van der Waals surface area contributed by atoms with E-state index in [1.807, 2.05) is 34.6 Å². The molecule has 0 bridgehead atoms. The van der Waals surface area contributed by atoms with Crippen LogP contribution >= 0.6 is 11.3 Å². The molecule has 0 unspecified atom stereocenters. The summed E-state index contributed by atoms with van der Waals surface area (Å²) in [5.41, 5.74) is -0.153. The lowest BCUT2D eigenvalue weighted by Crippen LogP contribution is -2.34. The molecule has 0 spiro atoms. The zero-order chi connectivity index (χ0) is 16.2. The number of rotatable bonds is 6. The van der Waals surface area contributed by atoms with Gasteiger partial charge in [0.25, 0.3) is 5.91 Å². The molecule has 1 aromatic heterocycles. The van der Waals surface area contributed by atoms with Crippen LogP contribution in [0, 0.1) is 0 Å². The van der Waals surface area contributed by atoms with E-state index in [1.165, 1.54) is 11.3 Å². The van der Waals surface area contributed by atoms with Gasteiger partial charge in [-0.3, -0.25) is 4.79 Å². The largest absolute Gasteiger partial charge is 0.482 e. The van der Waals surface area contributed by atoms with Crippen molar-refractivity contribution in [1.82, 2.24) is 4.90 Å². The maximum atomic E-state index is 11.9. The molecule has 21 heavy (non-hydrogen) atoms. The van der Waals surface area contributed by atoms with Gasteiger partial charge in [-0.1, -0.05) is 20.8 Å². The topological polar surface area (TPSA) is 66.8 Å². The molecule has 0 saturated heterocycles. The maximum Gasteiger partial charge on any atom is 0.349 e. The van der Waals surface area contributed by atoms with E-state index in [4.69, 9.17) is 4.74 Å². The second-order valence-corrected chi connectivity index (χ2v) is 6.77. The molecule has 0 saturated carbocycles. The van der Waals surface area contributed by atoms with Gasteiger partial charge >= 0.3 is 5.97 Å². The van der Waals surface area contributed by atoms with Gasteiger partial charge in [0, 0.05) is 18.0 Å². The van der Waals surface area contributed by atoms with Crippen LogP contribution in [0.5, 0.6) is 5.75 Å². The molecular weight excluding hydrogens is 290 g/mol. The smallest absolute Gasteiger partial charge is 0.349 e. The van der Waals surface area contributed by atoms with Gasteiger partial charge in [0.05, 0.1) is 0 Å². The summed E-state index contributed by atoms with van der Waals surface area (Å²) >= 11 is 1.20. The highest BCUT2D eigenvalue weighted by molar-refractivity contribution is 7.14. The van der Waals surface area contributed by atoms with Crippen LogP contribution in [0.4, 0.5) is 0 Å². The van der Waals surface area contributed by atoms with Crippen LogP contribution in [0.2, 0.25) is 0 Å². The van der Waals surface area contributed by atoms with Gasteiger partial charge in [-0.25, -0.2) is 4.79 Å². The normalized spacial score (nSPS) is 11.3. The molecule has 0 aromatic carbocycles. The molecule has 0 aliphatic carbocycles. The Labute approximate surface area is 129 Å². The Morgan fingerprint density at radius 1 is 1.29 bits per heavy atom. The highest BCUT2D eigenvalue weighted by Crippen LogP contribution is 2.36. The Morgan fingerprint density at radius 2 is 1.86 bits per heavy atom. The summed E-state index contributed by atoms with van der Waals surface area (Å²) < 4.78 is 5.46. The number of carboxylic acids is 1. The molecular formula is C15H23NO4S. The Hall–Kier alpha value is -1.56. The average molecular weight is 313 g/mol. The second-order valence-electron chi connectivity index (χ2n) is 5.71. The third-order valence-electron chi connectivity index (χ3n) is 3.10. The first kappa shape index (κ1) is 17.5. The van der Waals surface area contributed by atoms with E-state index in [0.717, 1.165) is 4.88 Å². The fraction of sp³-hybridized carbons (Fsp3) is 0.600. The van der Waals surface area contributed by atoms with Crippen LogP contribution in [-0.2, 0) is 10.2 Å². The van der Waals surface area contributed by atoms with Crippen LogP contribution in [-0.4, -0.2) is 41.6 Å². The minimum absolute atomic E-state index is 0.137. The number of nitrogens with zero attached hydrogens (tertiary/aromatic N) is 1. The summed E-state index contributed by atoms with van der Waals surface area (Å²) in [7, 11) is 0. The van der Waals surface area contributed by atoms with Gasteiger partial charge in [0.15, 0.2) is 11.5 Å². The molecule has 0 aliphatic heterocycles. The number of likely N-dealkylation sites (N-methyl/N-ethyl adjacent to an activating group) is 1. The third-order valence-corrected chi connectivity index (χ3v) is 4.63. The fourth-order valence-electron chi connectivity index (χ4n) is 1.81. The Kier molecular flexibility index (Phi) is 5.78. The van der Waals surface area contributed by atoms with Crippen molar-refractivity contribution in [3.05, 3.63) is 15.8 Å². The van der Waals surface area contributed by atoms with Crippen LogP contribution in [0.3, 0.4) is 0 Å². The molecule has 0 aliphatic rings. The third kappa shape index (κ3) is 4.46. The summed E-state index contributed by atoms with van der Waals surface area (Å²) in [4.78, 5) is 25.9. The number of aromatic carboxylic acids is 1. The first-order chi connectivity index (χ1) is 9.70. The summed E-state index contributed by atoms with van der Waals surface area (Å²) in [6, 6.07) is 1.73. The van der Waals surface area contributed by atoms with Crippen LogP contribution in [0.15, 0.2) is 6.07 Å². The Balaban J connectivity index is 2.90. The van der Waals surface area contributed by atoms with Crippen molar-refractivity contribution in [3.8, 4) is 5.75 Å². The molecule has 1 heterocycles. The molecule has 1 rings (SSSR count). The van der Waals surface area contributed by atoms with Crippen molar-refractivity contribution in [2.24, 2.45) is 0 Å². The predicted octanol–water partition coefficient (Wildman–Crippen LogP) is 2.99. The SMILES string of the molecule is CCN(CC)C(=O)COc1cc(C(C)(C)C)sc1C(=O)O. The van der Waals surface area contributed by atoms with E-state index < -0.39 is 5.97 Å². The first-order valence-electron chi connectivity index (χ1n) is 6.98. The molecule has 1 aromatic rings. The van der Waals surface area contributed by atoms with E-state index in [9.17, 15) is 14.7 Å². The second kappa shape index (κ2) is 6.93. The van der Waals surface area contributed by atoms with Crippen LogP contribution in [0.1, 0.15) is 49.2 Å². The molecule has 1 N–H and O–H groups in total. The quantitative estimate of drug-likeness (QED) is 0.876. The number of carbonyl (C=O) groups excluding carboxylic acids is 1. The summed E-state index contributed by atoms with van der Waals surface area (Å²) in [6.45, 7) is 10.9. The number of ether oxygens (including phenoxy) is 1. The summed E-state index contributed by atoms with van der Waals surface area (Å²) in [5, 5.41) is 9.25. The van der Waals surface area contributed by atoms with E-state index in [-0.39, 0.29) is 28.6 Å². The van der Waals surface area contributed by atoms with Gasteiger partial charge in [0.2, 0.25) is 0 Å². The lowest BCUT2D eigenvalue weighted by molar-refractivity contribution is -0.132. The molecule has 6 heteroatoms. The molecule has 0 atom stereocenters. The molecule has 1 amide bonds. The zero-order valence-electron chi connectivity index (χ0n) is 13.2. The van der Waals surface area contributed by atoms with Crippen molar-refractivity contribution >= 4 is 23.2 Å². The van der Waals surface area contributed by atoms with Crippen LogP contribution < -0.4 is 4.74 Å². The van der Waals surface area contributed by atoms with Crippen molar-refractivity contribution in [1.29, 1.82) is 0 Å². The summed E-state index contributed by atoms with van der Waals surface area (Å²) in [6.07, 6.45) is 0. The Morgan fingerprint density at radius 3 is 2.29 bits per heavy atom. The lowest BCUT2D eigenvalue weighted by atomic mass is 9.95. The minimum atomic E-state index is -1.03. The number of amides is 1. The number of carboxylic acid groups (broad SMARTS) is 1. The van der Waals surface area contributed by atoms with Crippen LogP contribution in [0.25, 0.3) is 0 Å². The highest BCUT2D eigenvalue weighted by atomic mass is 32.1. The predicted molar refractivity (Wildman–Crippen MR) is 83.4 cm³/mol. The maximum absolute atomic E-state index is 11.9. The van der Waals surface area contributed by atoms with Gasteiger partial charge in [-0.2, -0.15) is 0 Å². The van der Waals surface area contributed by atoms with E-state index in [0.29, 0.717) is 13.1 Å². The van der Waals surface area contributed by atoms with Gasteiger partial charge < -0.3 is 14.7 Å². The number of hydrogen-bond donors (Lipinski definition) is 1. The molecule has 0 fully saturated rings. The molecule has 0 radical (unpaired) electrons. The molecule has 118 valence electrons. The summed E-state index contributed by atoms with van der Waals surface area (Å²) in [5.74, 6) is -0.890. The van der Waals surface area contributed by atoms with Crippen molar-refractivity contribution in [2.75, 3.05) is 19.7 Å².